The minimum Gasteiger partial charge on any atom is -0.492 e. The lowest BCUT2D eigenvalue weighted by Crippen LogP contribution is -2.44. The van der Waals surface area contributed by atoms with Crippen LogP contribution in [0.15, 0.2) is 47.4 Å². The Labute approximate surface area is 171 Å². The van der Waals surface area contributed by atoms with Gasteiger partial charge in [-0.1, -0.05) is 24.3 Å². The summed E-state index contributed by atoms with van der Waals surface area (Å²) in [5.74, 6) is 0.109. The fourth-order valence-electron chi connectivity index (χ4n) is 3.32. The Morgan fingerprint density at radius 2 is 1.97 bits per heavy atom. The van der Waals surface area contributed by atoms with Gasteiger partial charge in [-0.3, -0.25) is 4.79 Å². The molecule has 8 nitrogen and oxygen atoms in total. The zero-order valence-electron chi connectivity index (χ0n) is 16.7. The Hall–Kier alpha value is -2.46. The molecule has 0 aliphatic carbocycles. The SMILES string of the molecule is CCOc1ccc(S(=O)(=O)NC2CC(c3ccccc3C)NN2)cc1NC(C)=O. The lowest BCUT2D eigenvalue weighted by molar-refractivity contribution is -0.114. The summed E-state index contributed by atoms with van der Waals surface area (Å²) in [6, 6.07) is 12.4. The molecule has 4 N–H and O–H groups in total. The number of hydrazine groups is 1. The van der Waals surface area contributed by atoms with Gasteiger partial charge < -0.3 is 10.1 Å². The number of carbonyl (C=O) groups is 1. The molecular formula is C20H26N4O4S. The highest BCUT2D eigenvalue weighted by molar-refractivity contribution is 7.89. The van der Waals surface area contributed by atoms with Crippen molar-refractivity contribution in [3.8, 4) is 5.75 Å². The van der Waals surface area contributed by atoms with Crippen molar-refractivity contribution in [1.29, 1.82) is 0 Å². The van der Waals surface area contributed by atoms with E-state index < -0.39 is 16.2 Å². The van der Waals surface area contributed by atoms with E-state index in [0.717, 1.165) is 11.1 Å². The second kappa shape index (κ2) is 8.91. The van der Waals surface area contributed by atoms with Gasteiger partial charge in [-0.15, -0.1) is 0 Å². The van der Waals surface area contributed by atoms with Gasteiger partial charge in [0.15, 0.2) is 0 Å². The van der Waals surface area contributed by atoms with Crippen LogP contribution in [-0.4, -0.2) is 27.1 Å². The van der Waals surface area contributed by atoms with Crippen molar-refractivity contribution < 1.29 is 17.9 Å². The molecule has 2 atom stereocenters. The molecule has 1 saturated heterocycles. The molecule has 1 amide bonds. The van der Waals surface area contributed by atoms with Crippen molar-refractivity contribution in [2.45, 2.75) is 44.3 Å². The van der Waals surface area contributed by atoms with Gasteiger partial charge in [0.2, 0.25) is 15.9 Å². The van der Waals surface area contributed by atoms with Gasteiger partial charge in [-0.2, -0.15) is 4.72 Å². The summed E-state index contributed by atoms with van der Waals surface area (Å²) in [5, 5.41) is 2.61. The highest BCUT2D eigenvalue weighted by atomic mass is 32.2. The molecule has 0 spiro atoms. The Morgan fingerprint density at radius 3 is 2.66 bits per heavy atom. The van der Waals surface area contributed by atoms with E-state index in [-0.39, 0.29) is 16.8 Å². The monoisotopic (exact) mass is 418 g/mol. The third-order valence-corrected chi connectivity index (χ3v) is 6.11. The van der Waals surface area contributed by atoms with E-state index in [4.69, 9.17) is 4.74 Å². The lowest BCUT2D eigenvalue weighted by Gasteiger charge is -2.16. The Balaban J connectivity index is 1.76. The van der Waals surface area contributed by atoms with Gasteiger partial charge in [0.05, 0.1) is 23.4 Å². The van der Waals surface area contributed by atoms with E-state index in [2.05, 4.69) is 20.9 Å². The van der Waals surface area contributed by atoms with Gasteiger partial charge in [0.1, 0.15) is 5.75 Å². The van der Waals surface area contributed by atoms with Crippen LogP contribution in [0.2, 0.25) is 0 Å². The molecule has 0 bridgehead atoms. The van der Waals surface area contributed by atoms with Gasteiger partial charge >= 0.3 is 0 Å². The van der Waals surface area contributed by atoms with Crippen LogP contribution in [0.4, 0.5) is 5.69 Å². The molecule has 2 aromatic carbocycles. The minimum absolute atomic E-state index is 0.000768. The van der Waals surface area contributed by atoms with Crippen LogP contribution >= 0.6 is 0 Å². The van der Waals surface area contributed by atoms with Crippen LogP contribution in [-0.2, 0) is 14.8 Å². The Bertz CT molecular complexity index is 994. The smallest absolute Gasteiger partial charge is 0.242 e. The Kier molecular flexibility index (Phi) is 6.53. The van der Waals surface area contributed by atoms with E-state index in [0.29, 0.717) is 24.5 Å². The zero-order valence-corrected chi connectivity index (χ0v) is 17.5. The highest BCUT2D eigenvalue weighted by Gasteiger charge is 2.30. The van der Waals surface area contributed by atoms with Gasteiger partial charge in [0.25, 0.3) is 0 Å². The van der Waals surface area contributed by atoms with Crippen LogP contribution in [0.1, 0.15) is 37.4 Å². The van der Waals surface area contributed by atoms with Crippen molar-refractivity contribution in [2.75, 3.05) is 11.9 Å². The van der Waals surface area contributed by atoms with Crippen molar-refractivity contribution in [3.05, 3.63) is 53.6 Å². The predicted molar refractivity (Wildman–Crippen MR) is 111 cm³/mol. The van der Waals surface area contributed by atoms with E-state index in [1.54, 1.807) is 6.07 Å². The second-order valence-electron chi connectivity index (χ2n) is 6.88. The van der Waals surface area contributed by atoms with E-state index in [9.17, 15) is 13.2 Å². The first-order chi connectivity index (χ1) is 13.8. The van der Waals surface area contributed by atoms with Crippen molar-refractivity contribution in [1.82, 2.24) is 15.6 Å². The summed E-state index contributed by atoms with van der Waals surface area (Å²) in [7, 11) is -3.81. The fraction of sp³-hybridized carbons (Fsp3) is 0.350. The molecule has 0 saturated carbocycles. The first kappa shape index (κ1) is 21.3. The van der Waals surface area contributed by atoms with Gasteiger partial charge in [0, 0.05) is 13.0 Å². The van der Waals surface area contributed by atoms with Crippen LogP contribution in [0.3, 0.4) is 0 Å². The number of anilines is 1. The van der Waals surface area contributed by atoms with Crippen LogP contribution in [0.5, 0.6) is 5.75 Å². The van der Waals surface area contributed by atoms with Crippen molar-refractivity contribution in [2.24, 2.45) is 0 Å². The van der Waals surface area contributed by atoms with Crippen LogP contribution in [0, 0.1) is 6.92 Å². The normalized spacial score (nSPS) is 19.1. The molecule has 29 heavy (non-hydrogen) atoms. The lowest BCUT2D eigenvalue weighted by atomic mass is 10.00. The number of nitrogens with one attached hydrogen (secondary N) is 4. The topological polar surface area (TPSA) is 109 Å². The number of aryl methyl sites for hydroxylation is 1. The first-order valence-corrected chi connectivity index (χ1v) is 10.9. The minimum atomic E-state index is -3.81. The number of amides is 1. The second-order valence-corrected chi connectivity index (χ2v) is 8.59. The summed E-state index contributed by atoms with van der Waals surface area (Å²) in [5.41, 5.74) is 8.73. The molecule has 1 aliphatic heterocycles. The third-order valence-electron chi connectivity index (χ3n) is 4.64. The van der Waals surface area contributed by atoms with E-state index in [1.165, 1.54) is 19.1 Å². The maximum atomic E-state index is 12.9. The number of hydrogen-bond donors (Lipinski definition) is 4. The molecule has 1 aliphatic rings. The first-order valence-electron chi connectivity index (χ1n) is 9.43. The molecule has 1 heterocycles. The summed E-state index contributed by atoms with van der Waals surface area (Å²) in [4.78, 5) is 11.5. The molecule has 156 valence electrons. The number of carbonyl (C=O) groups excluding carboxylic acids is 1. The molecule has 2 unspecified atom stereocenters. The predicted octanol–water partition coefficient (Wildman–Crippen LogP) is 2.20. The van der Waals surface area contributed by atoms with Gasteiger partial charge in [-0.25, -0.2) is 19.3 Å². The number of sulfonamides is 1. The van der Waals surface area contributed by atoms with E-state index >= 15 is 0 Å². The molecular weight excluding hydrogens is 392 g/mol. The fourth-order valence-corrected chi connectivity index (χ4v) is 4.50. The zero-order chi connectivity index (χ0) is 21.0. The average molecular weight is 419 g/mol. The van der Waals surface area contributed by atoms with Crippen molar-refractivity contribution in [3.63, 3.8) is 0 Å². The molecule has 2 aromatic rings. The molecule has 9 heteroatoms. The molecule has 3 rings (SSSR count). The molecule has 0 aromatic heterocycles. The number of ether oxygens (including phenoxy) is 1. The largest absolute Gasteiger partial charge is 0.492 e. The molecule has 0 radical (unpaired) electrons. The van der Waals surface area contributed by atoms with Gasteiger partial charge in [-0.05, 0) is 49.6 Å². The standard InChI is InChI=1S/C20H26N4O4S/c1-4-28-19-10-9-15(11-18(19)21-14(3)25)29(26,27)24-20-12-17(22-23-20)16-8-6-5-7-13(16)2/h5-11,17,20,22-24H,4,12H2,1-3H3,(H,21,25). The third kappa shape index (κ3) is 5.13. The van der Waals surface area contributed by atoms with Crippen LogP contribution < -0.4 is 25.6 Å². The maximum Gasteiger partial charge on any atom is 0.242 e. The highest BCUT2D eigenvalue weighted by Crippen LogP contribution is 2.29. The summed E-state index contributed by atoms with van der Waals surface area (Å²) in [6.07, 6.45) is 0.0834. The van der Waals surface area contributed by atoms with E-state index in [1.807, 2.05) is 38.1 Å². The Morgan fingerprint density at radius 1 is 1.21 bits per heavy atom. The number of hydrogen-bond acceptors (Lipinski definition) is 6. The average Bonchev–Trinajstić information content (AvgIpc) is 3.10. The molecule has 1 fully saturated rings. The van der Waals surface area contributed by atoms with Crippen LogP contribution in [0.25, 0.3) is 0 Å². The number of benzene rings is 2. The quantitative estimate of drug-likeness (QED) is 0.549. The summed E-state index contributed by atoms with van der Waals surface area (Å²) >= 11 is 0. The summed E-state index contributed by atoms with van der Waals surface area (Å²) < 4.78 is 33.9. The summed E-state index contributed by atoms with van der Waals surface area (Å²) in [6.45, 7) is 5.59. The maximum absolute atomic E-state index is 12.9. The number of rotatable bonds is 7. The van der Waals surface area contributed by atoms with Crippen molar-refractivity contribution >= 4 is 21.6 Å².